The summed E-state index contributed by atoms with van der Waals surface area (Å²) in [5.74, 6) is 5.31. The second-order valence-corrected chi connectivity index (χ2v) is 3.89. The first-order valence-electron chi connectivity index (χ1n) is 2.66. The van der Waals surface area contributed by atoms with E-state index < -0.39 is 0 Å². The molecule has 0 spiro atoms. The molecule has 0 aliphatic heterocycles. The van der Waals surface area contributed by atoms with Crippen LogP contribution in [-0.2, 0) is 0 Å². The van der Waals surface area contributed by atoms with Gasteiger partial charge in [0.15, 0.2) is 0 Å². The van der Waals surface area contributed by atoms with E-state index in [1.165, 1.54) is 11.5 Å². The number of aliphatic hydroxyl groups is 1. The molecule has 1 N–H and O–H groups in total. The Kier molecular flexibility index (Phi) is 3.52. The molecule has 0 aromatic carbocycles. The number of aromatic nitrogens is 1. The molecule has 0 saturated carbocycles. The molecule has 1 heterocycles. The van der Waals surface area contributed by atoms with Crippen LogP contribution in [0.25, 0.3) is 0 Å². The summed E-state index contributed by atoms with van der Waals surface area (Å²) in [6.07, 6.45) is 0. The minimum Gasteiger partial charge on any atom is -0.384 e. The fourth-order valence-electron chi connectivity index (χ4n) is 0.457. The van der Waals surface area contributed by atoms with Crippen LogP contribution in [0, 0.1) is 11.8 Å². The van der Waals surface area contributed by atoms with Gasteiger partial charge in [-0.2, -0.15) is 4.37 Å². The van der Waals surface area contributed by atoms with Crippen molar-refractivity contribution in [1.82, 2.24) is 4.37 Å². The lowest BCUT2D eigenvalue weighted by Crippen LogP contribution is -1.72. The highest BCUT2D eigenvalue weighted by Gasteiger charge is 2.04. The molecule has 0 bridgehead atoms. The number of rotatable bonds is 0. The third-order valence-electron chi connectivity index (χ3n) is 0.879. The topological polar surface area (TPSA) is 33.1 Å². The van der Waals surface area contributed by atoms with Crippen molar-refractivity contribution in [2.75, 3.05) is 6.61 Å². The van der Waals surface area contributed by atoms with Crippen molar-refractivity contribution in [2.45, 2.75) is 0 Å². The first-order chi connectivity index (χ1) is 5.25. The molecular formula is C6H3Br2NOS. The van der Waals surface area contributed by atoms with E-state index in [1.54, 1.807) is 0 Å². The van der Waals surface area contributed by atoms with E-state index in [0.717, 1.165) is 14.0 Å². The van der Waals surface area contributed by atoms with Crippen molar-refractivity contribution in [1.29, 1.82) is 0 Å². The van der Waals surface area contributed by atoms with Gasteiger partial charge < -0.3 is 5.11 Å². The van der Waals surface area contributed by atoms with Crippen LogP contribution in [0.4, 0.5) is 0 Å². The second kappa shape index (κ2) is 4.21. The van der Waals surface area contributed by atoms with Crippen molar-refractivity contribution in [3.05, 3.63) is 14.0 Å². The predicted octanol–water partition coefficient (Wildman–Crippen LogP) is 2.01. The quantitative estimate of drug-likeness (QED) is 0.743. The van der Waals surface area contributed by atoms with Gasteiger partial charge in [0.05, 0.1) is 4.47 Å². The highest BCUT2D eigenvalue weighted by molar-refractivity contribution is 9.13. The van der Waals surface area contributed by atoms with E-state index in [2.05, 4.69) is 48.1 Å². The smallest absolute Gasteiger partial charge is 0.135 e. The fraction of sp³-hybridized carbons (Fsp3) is 0.167. The molecule has 5 heteroatoms. The maximum absolute atomic E-state index is 8.41. The number of nitrogens with zero attached hydrogens (tertiary/aromatic N) is 1. The molecule has 0 atom stereocenters. The minimum atomic E-state index is -0.123. The third kappa shape index (κ3) is 2.27. The van der Waals surface area contributed by atoms with Crippen LogP contribution < -0.4 is 0 Å². The summed E-state index contributed by atoms with van der Waals surface area (Å²) < 4.78 is 5.60. The minimum absolute atomic E-state index is 0.123. The Morgan fingerprint density at radius 1 is 1.55 bits per heavy atom. The lowest BCUT2D eigenvalue weighted by molar-refractivity contribution is 0.350. The van der Waals surface area contributed by atoms with Crippen LogP contribution in [0.15, 0.2) is 9.08 Å². The molecule has 0 saturated heterocycles. The molecule has 1 rings (SSSR count). The normalized spacial score (nSPS) is 9.00. The van der Waals surface area contributed by atoms with Gasteiger partial charge in [0.1, 0.15) is 16.1 Å². The van der Waals surface area contributed by atoms with E-state index in [-0.39, 0.29) is 6.61 Å². The molecule has 1 aromatic heterocycles. The largest absolute Gasteiger partial charge is 0.384 e. The van der Waals surface area contributed by atoms with Crippen molar-refractivity contribution < 1.29 is 5.11 Å². The van der Waals surface area contributed by atoms with Gasteiger partial charge in [0, 0.05) is 0 Å². The zero-order valence-electron chi connectivity index (χ0n) is 5.27. The Morgan fingerprint density at radius 3 is 2.73 bits per heavy atom. The van der Waals surface area contributed by atoms with Gasteiger partial charge in [0.2, 0.25) is 0 Å². The summed E-state index contributed by atoms with van der Waals surface area (Å²) in [4.78, 5) is 0.825. The number of halogens is 2. The average Bonchev–Trinajstić information content (AvgIpc) is 2.31. The Morgan fingerprint density at radius 2 is 2.27 bits per heavy atom. The van der Waals surface area contributed by atoms with Crippen molar-refractivity contribution in [3.63, 3.8) is 0 Å². The molecule has 0 unspecified atom stereocenters. The SMILES string of the molecule is OCC#Cc1snc(Br)c1Br. The van der Waals surface area contributed by atoms with E-state index in [4.69, 9.17) is 5.11 Å². The van der Waals surface area contributed by atoms with Gasteiger partial charge in [-0.1, -0.05) is 11.8 Å². The van der Waals surface area contributed by atoms with Crippen LogP contribution in [0.3, 0.4) is 0 Å². The van der Waals surface area contributed by atoms with Crippen molar-refractivity contribution >= 4 is 43.4 Å². The Hall–Kier alpha value is 0.110. The maximum atomic E-state index is 8.41. The molecule has 11 heavy (non-hydrogen) atoms. The van der Waals surface area contributed by atoms with Crippen LogP contribution in [0.2, 0.25) is 0 Å². The Balaban J connectivity index is 2.96. The number of hydrogen-bond acceptors (Lipinski definition) is 3. The second-order valence-electron chi connectivity index (χ2n) is 1.58. The monoisotopic (exact) mass is 295 g/mol. The molecule has 0 radical (unpaired) electrons. The summed E-state index contributed by atoms with van der Waals surface area (Å²) in [6, 6.07) is 0. The molecule has 0 aliphatic carbocycles. The van der Waals surface area contributed by atoms with E-state index in [9.17, 15) is 0 Å². The van der Waals surface area contributed by atoms with E-state index in [1.807, 2.05) is 0 Å². The summed E-state index contributed by atoms with van der Waals surface area (Å²) >= 11 is 7.81. The van der Waals surface area contributed by atoms with Gasteiger partial charge in [0.25, 0.3) is 0 Å². The highest BCUT2D eigenvalue weighted by Crippen LogP contribution is 2.28. The van der Waals surface area contributed by atoms with Gasteiger partial charge in [-0.25, -0.2) is 0 Å². The van der Waals surface area contributed by atoms with E-state index >= 15 is 0 Å². The number of aliphatic hydroxyl groups excluding tert-OH is 1. The Bertz CT molecular complexity index is 312. The summed E-state index contributed by atoms with van der Waals surface area (Å²) in [5.41, 5.74) is 0. The summed E-state index contributed by atoms with van der Waals surface area (Å²) in [7, 11) is 0. The third-order valence-corrected chi connectivity index (χ3v) is 4.02. The molecule has 0 aliphatic rings. The van der Waals surface area contributed by atoms with Gasteiger partial charge in [-0.3, -0.25) is 0 Å². The predicted molar refractivity (Wildman–Crippen MR) is 51.5 cm³/mol. The molecule has 1 aromatic rings. The highest BCUT2D eigenvalue weighted by atomic mass is 79.9. The fourth-order valence-corrected chi connectivity index (χ4v) is 2.08. The molecule has 0 fully saturated rings. The first-order valence-corrected chi connectivity index (χ1v) is 5.02. The molecule has 58 valence electrons. The molecular weight excluding hydrogens is 294 g/mol. The van der Waals surface area contributed by atoms with Gasteiger partial charge in [-0.05, 0) is 43.4 Å². The van der Waals surface area contributed by atoms with Gasteiger partial charge >= 0.3 is 0 Å². The van der Waals surface area contributed by atoms with Crippen LogP contribution >= 0.6 is 43.4 Å². The van der Waals surface area contributed by atoms with Crippen LogP contribution in [0.1, 0.15) is 4.88 Å². The van der Waals surface area contributed by atoms with Crippen LogP contribution in [-0.4, -0.2) is 16.1 Å². The van der Waals surface area contributed by atoms with Gasteiger partial charge in [-0.15, -0.1) is 0 Å². The summed E-state index contributed by atoms with van der Waals surface area (Å²) in [6.45, 7) is -0.123. The lowest BCUT2D eigenvalue weighted by atomic mass is 10.5. The standard InChI is InChI=1S/C6H3Br2NOS/c7-5-4(2-1-3-10)11-9-6(5)8/h10H,3H2. The lowest BCUT2D eigenvalue weighted by Gasteiger charge is -1.80. The zero-order chi connectivity index (χ0) is 8.27. The number of hydrogen-bond donors (Lipinski definition) is 1. The van der Waals surface area contributed by atoms with Crippen molar-refractivity contribution in [2.24, 2.45) is 0 Å². The van der Waals surface area contributed by atoms with Crippen molar-refractivity contribution in [3.8, 4) is 11.8 Å². The van der Waals surface area contributed by atoms with Crippen LogP contribution in [0.5, 0.6) is 0 Å². The molecule has 2 nitrogen and oxygen atoms in total. The summed E-state index contributed by atoms with van der Waals surface area (Å²) in [5, 5.41) is 8.41. The maximum Gasteiger partial charge on any atom is 0.135 e. The average molecular weight is 297 g/mol. The Labute approximate surface area is 85.1 Å². The van der Waals surface area contributed by atoms with E-state index in [0.29, 0.717) is 0 Å². The zero-order valence-corrected chi connectivity index (χ0v) is 9.25. The molecule has 0 amide bonds. The first kappa shape index (κ1) is 9.20.